The van der Waals surface area contributed by atoms with Gasteiger partial charge in [0.15, 0.2) is 0 Å². The molecule has 0 spiro atoms. The smallest absolute Gasteiger partial charge is 0.324 e. The molecule has 2 bridgehead atoms. The predicted molar refractivity (Wildman–Crippen MR) is 211 cm³/mol. The molecule has 22 heteroatoms. The summed E-state index contributed by atoms with van der Waals surface area (Å²) in [6, 6.07) is 3.22. The van der Waals surface area contributed by atoms with E-state index in [2.05, 4.69) is 15.0 Å². The first-order valence-corrected chi connectivity index (χ1v) is 20.0. The SMILES string of the molecule is CN1CCN(C(COC(=O)CCN2CCOCC2)C(=O)O)Cc2cccc(n2)CN(C(COC(=O)CCN2CCOCC2)C(=O)O)CC1.O=NCN1CCOCC1.[2H]CF.[Mn]. The van der Waals surface area contributed by atoms with Gasteiger partial charge in [-0.2, -0.15) is 0 Å². The van der Waals surface area contributed by atoms with Crippen LogP contribution in [0.2, 0.25) is 0 Å². The van der Waals surface area contributed by atoms with Gasteiger partial charge < -0.3 is 38.8 Å². The number of aromatic nitrogens is 1. The zero-order chi connectivity index (χ0) is 43.5. The number of carbonyl (C=O) groups excluding carboxylic acids is 2. The number of aliphatic carboxylic acids is 2. The number of nitroso groups, excluding NO2 is 1. The van der Waals surface area contributed by atoms with E-state index < -0.39 is 43.1 Å². The van der Waals surface area contributed by atoms with Crippen LogP contribution in [0.25, 0.3) is 0 Å². The Balaban J connectivity index is 0.000000854. The number of ether oxygens (including phenoxy) is 5. The van der Waals surface area contributed by atoms with Gasteiger partial charge in [-0.3, -0.25) is 53.1 Å². The maximum atomic E-state index is 12.5. The monoisotopic (exact) mass is 898 g/mol. The van der Waals surface area contributed by atoms with E-state index in [1.165, 1.54) is 0 Å². The number of morpholine rings is 3. The van der Waals surface area contributed by atoms with Crippen molar-refractivity contribution in [3.8, 4) is 0 Å². The van der Waals surface area contributed by atoms with Gasteiger partial charge in [0.05, 0.1) is 72.4 Å². The van der Waals surface area contributed by atoms with Crippen LogP contribution in [0, 0.1) is 4.91 Å². The molecule has 3 fully saturated rings. The van der Waals surface area contributed by atoms with E-state index >= 15 is 0 Å². The number of likely N-dealkylation sites (N-methyl/N-ethyl adjacent to an activating group) is 1. The quantitative estimate of drug-likeness (QED) is 0.124. The first kappa shape index (κ1) is 51.1. The Hall–Kier alpha value is -3.28. The summed E-state index contributed by atoms with van der Waals surface area (Å²) in [7, 11) is 0.877. The van der Waals surface area contributed by atoms with Crippen molar-refractivity contribution in [2.75, 3.05) is 152 Å². The predicted octanol–water partition coefficient (Wildman–Crippen LogP) is -0.306. The normalized spacial score (nSPS) is 20.3. The topological polar surface area (TPSA) is 217 Å². The van der Waals surface area contributed by atoms with E-state index in [0.717, 1.165) is 52.5 Å². The van der Waals surface area contributed by atoms with E-state index in [1.807, 2.05) is 16.8 Å². The van der Waals surface area contributed by atoms with Crippen molar-refractivity contribution in [1.29, 1.82) is 0 Å². The van der Waals surface area contributed by atoms with Crippen LogP contribution in [0.4, 0.5) is 4.39 Å². The first-order chi connectivity index (χ1) is 29.0. The van der Waals surface area contributed by atoms with Crippen molar-refractivity contribution >= 4 is 23.9 Å². The van der Waals surface area contributed by atoms with Gasteiger partial charge in [-0.1, -0.05) is 11.2 Å². The Labute approximate surface area is 363 Å². The molecule has 0 aliphatic carbocycles. The summed E-state index contributed by atoms with van der Waals surface area (Å²) in [6.07, 6.45) is 0.334. The molecule has 5 rings (SSSR count). The maximum Gasteiger partial charge on any atom is 0.324 e. The largest absolute Gasteiger partial charge is 0.480 e. The third-order valence-electron chi connectivity index (χ3n) is 10.2. The van der Waals surface area contributed by atoms with Crippen molar-refractivity contribution < 1.29 is 75.9 Å². The molecule has 2 N–H and O–H groups in total. The van der Waals surface area contributed by atoms with E-state index in [-0.39, 0.29) is 56.2 Å². The van der Waals surface area contributed by atoms with Crippen molar-refractivity contribution in [3.05, 3.63) is 34.5 Å². The number of alkyl halides is 1. The Kier molecular flexibility index (Phi) is 26.1. The molecule has 341 valence electrons. The number of carboxylic acid groups (broad SMARTS) is 2. The van der Waals surface area contributed by atoms with Gasteiger partial charge >= 0.3 is 23.9 Å². The minimum absolute atomic E-state index is 0. The molecular formula is C38H63FMnN8O12. The van der Waals surface area contributed by atoms with E-state index in [1.54, 1.807) is 28.0 Å². The second-order valence-electron chi connectivity index (χ2n) is 14.3. The number of pyridine rings is 1. The van der Waals surface area contributed by atoms with Gasteiger partial charge in [0.1, 0.15) is 32.0 Å². The third kappa shape index (κ3) is 20.5. The Morgan fingerprint density at radius 2 is 1.12 bits per heavy atom. The molecule has 5 heterocycles. The molecule has 1 radical (unpaired) electrons. The second kappa shape index (κ2) is 30.7. The molecule has 0 saturated carbocycles. The van der Waals surface area contributed by atoms with Gasteiger partial charge in [-0.05, 0) is 19.2 Å². The fourth-order valence-electron chi connectivity index (χ4n) is 6.65. The number of esters is 2. The molecule has 4 aliphatic rings. The van der Waals surface area contributed by atoms with Crippen LogP contribution in [-0.2, 0) is 73.0 Å². The second-order valence-corrected chi connectivity index (χ2v) is 14.3. The van der Waals surface area contributed by atoms with Crippen molar-refractivity contribution in [2.24, 2.45) is 5.18 Å². The van der Waals surface area contributed by atoms with Crippen LogP contribution in [0.1, 0.15) is 25.6 Å². The molecule has 2 unspecified atom stereocenters. The number of halogens is 1. The molecule has 1 aromatic heterocycles. The minimum Gasteiger partial charge on any atom is -0.480 e. The summed E-state index contributed by atoms with van der Waals surface area (Å²) in [5.74, 6) is -3.10. The zero-order valence-electron chi connectivity index (χ0n) is 35.6. The molecule has 0 aromatic carbocycles. The van der Waals surface area contributed by atoms with Gasteiger partial charge in [-0.25, -0.2) is 0 Å². The van der Waals surface area contributed by atoms with Crippen molar-refractivity contribution in [1.82, 2.24) is 34.4 Å². The number of nitrogens with zero attached hydrogens (tertiary/aromatic N) is 8. The Morgan fingerprint density at radius 1 is 0.733 bits per heavy atom. The summed E-state index contributed by atoms with van der Waals surface area (Å²) in [6.45, 7) is 11.4. The number of hydrogen-bond acceptors (Lipinski definition) is 18. The van der Waals surface area contributed by atoms with Crippen LogP contribution >= 0.6 is 0 Å². The molecule has 60 heavy (non-hydrogen) atoms. The molecule has 4 aliphatic heterocycles. The molecule has 20 nitrogen and oxygen atoms in total. The third-order valence-corrected chi connectivity index (χ3v) is 10.2. The van der Waals surface area contributed by atoms with Crippen LogP contribution in [-0.4, -0.2) is 233 Å². The van der Waals surface area contributed by atoms with Crippen molar-refractivity contribution in [3.63, 3.8) is 0 Å². The molecule has 2 atom stereocenters. The molecular weight excluding hydrogens is 834 g/mol. The molecule has 0 amide bonds. The first-order valence-electron chi connectivity index (χ1n) is 20.7. The van der Waals surface area contributed by atoms with Crippen LogP contribution < -0.4 is 0 Å². The number of fused-ring (bicyclic) bond motifs is 2. The molecule has 1 aromatic rings. The fourth-order valence-corrected chi connectivity index (χ4v) is 6.65. The number of carbonyl (C=O) groups is 4. The van der Waals surface area contributed by atoms with Crippen LogP contribution in [0.5, 0.6) is 0 Å². The van der Waals surface area contributed by atoms with E-state index in [9.17, 15) is 38.7 Å². The summed E-state index contributed by atoms with van der Waals surface area (Å²) in [5, 5.41) is 23.1. The van der Waals surface area contributed by atoms with E-state index in [4.69, 9.17) is 30.0 Å². The average molecular weight is 899 g/mol. The number of hydrogen-bond donors (Lipinski definition) is 2. The Morgan fingerprint density at radius 3 is 1.48 bits per heavy atom. The van der Waals surface area contributed by atoms with Gasteiger partial charge in [0.25, 0.3) is 0 Å². The minimum atomic E-state index is -1.10. The van der Waals surface area contributed by atoms with Crippen LogP contribution in [0.3, 0.4) is 0 Å². The maximum absolute atomic E-state index is 12.5. The standard InChI is InChI=1S/C32H50N6O10.C5H10N2O2.CH3F.Mn/c1-34-9-11-37(27(31(41)42)23-47-29(39)5-7-35-13-17-45-18-14-35)21-25-3-2-4-26(33-25)22-38(12-10-34)28(32(43)44)24-48-30(40)6-8-36-15-19-46-20-16-36;8-6-5-7-1-3-9-4-2-7;1-2;/h2-4,27-28H,5-24H2,1H3,(H,41,42)(H,43,44);1-5H2;1H3;/i;;1D;. The summed E-state index contributed by atoms with van der Waals surface area (Å²) in [5.41, 5.74) is 1.20. The average Bonchev–Trinajstić information content (AvgIpc) is 3.24. The fraction of sp³-hybridized carbons (Fsp3) is 0.763. The molecule has 3 saturated heterocycles. The summed E-state index contributed by atoms with van der Waals surface area (Å²) < 4.78 is 42.1. The zero-order valence-corrected chi connectivity index (χ0v) is 35.8. The number of carboxylic acids is 2. The van der Waals surface area contributed by atoms with Gasteiger partial charge in [-0.15, -0.1) is 4.91 Å². The number of rotatable bonds is 16. The van der Waals surface area contributed by atoms with Crippen LogP contribution in [0.15, 0.2) is 23.4 Å². The Bertz CT molecular complexity index is 1350. The van der Waals surface area contributed by atoms with Gasteiger partial charge in [0.2, 0.25) is 0 Å². The van der Waals surface area contributed by atoms with E-state index in [0.29, 0.717) is 83.8 Å². The van der Waals surface area contributed by atoms with Gasteiger partial charge in [0, 0.05) is 109 Å². The summed E-state index contributed by atoms with van der Waals surface area (Å²) in [4.78, 5) is 76.0. The van der Waals surface area contributed by atoms with Crippen molar-refractivity contribution in [2.45, 2.75) is 38.0 Å². The summed E-state index contributed by atoms with van der Waals surface area (Å²) >= 11 is 0.